The quantitative estimate of drug-likeness (QED) is 0.490. The third-order valence-electron chi connectivity index (χ3n) is 5.67. The fraction of sp³-hybridized carbons (Fsp3) is 0.261. The lowest BCUT2D eigenvalue weighted by atomic mass is 10.0. The summed E-state index contributed by atoms with van der Waals surface area (Å²) in [5.41, 5.74) is -3.95. The molecule has 11 heteroatoms. The highest BCUT2D eigenvalue weighted by Gasteiger charge is 2.49. The molecule has 7 nitrogen and oxygen atoms in total. The van der Waals surface area contributed by atoms with E-state index in [1.807, 2.05) is 24.3 Å². The maximum Gasteiger partial charge on any atom is 0.501 e. The summed E-state index contributed by atoms with van der Waals surface area (Å²) in [6.07, 6.45) is 1.61. The van der Waals surface area contributed by atoms with Crippen LogP contribution in [0.15, 0.2) is 65.7 Å². The van der Waals surface area contributed by atoms with E-state index >= 15 is 0 Å². The number of hydrogen-bond donors (Lipinski definition) is 0. The van der Waals surface area contributed by atoms with Crippen molar-refractivity contribution in [3.63, 3.8) is 0 Å². The van der Waals surface area contributed by atoms with Gasteiger partial charge in [-0.15, -0.1) is 0 Å². The topological polar surface area (TPSA) is 87.7 Å². The van der Waals surface area contributed by atoms with Gasteiger partial charge in [-0.1, -0.05) is 32.0 Å². The van der Waals surface area contributed by atoms with Crippen LogP contribution in [0.25, 0.3) is 10.9 Å². The molecule has 1 aliphatic rings. The number of anilines is 1. The normalized spacial score (nSPS) is 17.3. The fourth-order valence-corrected chi connectivity index (χ4v) is 4.80. The lowest BCUT2D eigenvalue weighted by molar-refractivity contribution is -0.120. The van der Waals surface area contributed by atoms with Gasteiger partial charge >= 0.3 is 11.5 Å². The predicted molar refractivity (Wildman–Crippen MR) is 118 cm³/mol. The Morgan fingerprint density at radius 2 is 1.65 bits per heavy atom. The molecule has 0 bridgehead atoms. The highest BCUT2D eigenvalue weighted by Crippen LogP contribution is 2.34. The van der Waals surface area contributed by atoms with Crippen molar-refractivity contribution in [1.82, 2.24) is 9.88 Å². The molecule has 1 aliphatic heterocycles. The van der Waals surface area contributed by atoms with Gasteiger partial charge in [-0.05, 0) is 47.9 Å². The first-order valence-electron chi connectivity index (χ1n) is 10.3. The maximum absolute atomic E-state index is 13.3. The summed E-state index contributed by atoms with van der Waals surface area (Å²) in [4.78, 5) is 32.2. The van der Waals surface area contributed by atoms with Crippen LogP contribution in [0.5, 0.6) is 0 Å². The Hall–Kier alpha value is -3.47. The van der Waals surface area contributed by atoms with Crippen molar-refractivity contribution in [3.05, 3.63) is 66.4 Å². The van der Waals surface area contributed by atoms with Gasteiger partial charge in [-0.25, -0.2) is 18.1 Å². The molecule has 0 spiro atoms. The smallest absolute Gasteiger partial charge is 0.307 e. The molecule has 0 aliphatic carbocycles. The molecule has 178 valence electrons. The van der Waals surface area contributed by atoms with Crippen LogP contribution in [0.4, 0.5) is 23.7 Å². The first-order chi connectivity index (χ1) is 15.9. The molecule has 4 rings (SSSR count). The van der Waals surface area contributed by atoms with E-state index in [1.165, 1.54) is 4.90 Å². The van der Waals surface area contributed by atoms with Gasteiger partial charge in [0.25, 0.3) is 15.7 Å². The van der Waals surface area contributed by atoms with Crippen LogP contribution in [0, 0.1) is 5.92 Å². The molecule has 0 N–H and O–H groups in total. The summed E-state index contributed by atoms with van der Waals surface area (Å²) >= 11 is 0. The number of pyridine rings is 1. The predicted octanol–water partition coefficient (Wildman–Crippen LogP) is 4.52. The summed E-state index contributed by atoms with van der Waals surface area (Å²) in [5, 5.41) is 0.827. The van der Waals surface area contributed by atoms with E-state index in [9.17, 15) is 31.2 Å². The number of amides is 3. The van der Waals surface area contributed by atoms with Gasteiger partial charge in [-0.2, -0.15) is 13.2 Å². The largest absolute Gasteiger partial charge is 0.501 e. The molecule has 34 heavy (non-hydrogen) atoms. The van der Waals surface area contributed by atoms with E-state index in [2.05, 4.69) is 4.98 Å². The number of imide groups is 1. The molecule has 0 radical (unpaired) electrons. The number of carbonyl (C=O) groups is 2. The number of alkyl halides is 3. The summed E-state index contributed by atoms with van der Waals surface area (Å²) < 4.78 is 61.8. The number of rotatable bonds is 5. The molecule has 2 aromatic carbocycles. The summed E-state index contributed by atoms with van der Waals surface area (Å²) in [7, 11) is -5.54. The Balaban J connectivity index is 1.69. The Kier molecular flexibility index (Phi) is 5.84. The number of halogens is 3. The molecule has 0 saturated carbocycles. The zero-order chi connectivity index (χ0) is 24.8. The molecule has 3 amide bonds. The van der Waals surface area contributed by atoms with Crippen LogP contribution >= 0.6 is 0 Å². The lowest BCUT2D eigenvalue weighted by Crippen LogP contribution is -2.38. The number of fused-ring (bicyclic) bond motifs is 1. The molecule has 0 unspecified atom stereocenters. The zero-order valence-corrected chi connectivity index (χ0v) is 19.0. The molecule has 1 saturated heterocycles. The lowest BCUT2D eigenvalue weighted by Gasteiger charge is -2.25. The van der Waals surface area contributed by atoms with Crippen LogP contribution in [0.3, 0.4) is 0 Å². The highest BCUT2D eigenvalue weighted by molar-refractivity contribution is 7.92. The van der Waals surface area contributed by atoms with Crippen molar-refractivity contribution in [2.75, 3.05) is 4.90 Å². The minimum Gasteiger partial charge on any atom is -0.307 e. The van der Waals surface area contributed by atoms with E-state index in [4.69, 9.17) is 0 Å². The summed E-state index contributed by atoms with van der Waals surface area (Å²) in [5.74, 6) is -0.788. The van der Waals surface area contributed by atoms with Crippen molar-refractivity contribution in [1.29, 1.82) is 0 Å². The maximum atomic E-state index is 13.3. The molecule has 1 fully saturated rings. The second-order valence-electron chi connectivity index (χ2n) is 8.20. The van der Waals surface area contributed by atoms with E-state index in [0.717, 1.165) is 45.6 Å². The second-order valence-corrected chi connectivity index (χ2v) is 10.1. The second kappa shape index (κ2) is 8.39. The van der Waals surface area contributed by atoms with E-state index < -0.39 is 38.2 Å². The third-order valence-corrected chi connectivity index (χ3v) is 7.17. The van der Waals surface area contributed by atoms with E-state index in [0.29, 0.717) is 0 Å². The highest BCUT2D eigenvalue weighted by atomic mass is 32.2. The Morgan fingerprint density at radius 1 is 1.00 bits per heavy atom. The third kappa shape index (κ3) is 3.89. The van der Waals surface area contributed by atoms with E-state index in [-0.39, 0.29) is 18.2 Å². The number of nitrogens with zero attached hydrogens (tertiary/aromatic N) is 3. The number of para-hydroxylation sites is 1. The van der Waals surface area contributed by atoms with Gasteiger partial charge in [0.2, 0.25) is 0 Å². The SMILES string of the molecule is CC(C)[C@@H]1C(=O)N(c2ccc(S(=O)(=O)C(F)(F)F)cc2)C(=O)N1Cc1ccnc2ccccc12. The number of urea groups is 1. The van der Waals surface area contributed by atoms with Crippen LogP contribution in [0.1, 0.15) is 19.4 Å². The summed E-state index contributed by atoms with van der Waals surface area (Å²) in [6, 6.07) is 11.2. The first-order valence-corrected chi connectivity index (χ1v) is 11.8. The van der Waals surface area contributed by atoms with Crippen LogP contribution in [-0.2, 0) is 21.2 Å². The number of sulfone groups is 1. The van der Waals surface area contributed by atoms with Gasteiger partial charge < -0.3 is 4.90 Å². The number of hydrogen-bond acceptors (Lipinski definition) is 5. The van der Waals surface area contributed by atoms with Crippen molar-refractivity contribution in [2.45, 2.75) is 36.8 Å². The first kappa shape index (κ1) is 23.7. The van der Waals surface area contributed by atoms with Crippen LogP contribution in [-0.4, -0.2) is 41.8 Å². The summed E-state index contributed by atoms with van der Waals surface area (Å²) in [6.45, 7) is 3.69. The Bertz CT molecular complexity index is 1370. The molecule has 2 heterocycles. The molecular formula is C23H20F3N3O4S. The fourth-order valence-electron chi connectivity index (χ4n) is 4.04. The standard InChI is InChI=1S/C23H20F3N3O4S/c1-14(2)20-21(30)29(16-7-9-17(10-8-16)34(32,33)23(24,25)26)22(31)28(20)13-15-11-12-27-19-6-4-3-5-18(15)19/h3-12,14,20H,13H2,1-2H3/t20-/m1/s1. The van der Waals surface area contributed by atoms with E-state index in [1.54, 1.807) is 26.1 Å². The molecule has 3 aromatic rings. The Labute approximate surface area is 193 Å². The average Bonchev–Trinajstić information content (AvgIpc) is 3.02. The van der Waals surface area contributed by atoms with Crippen molar-refractivity contribution < 1.29 is 31.2 Å². The van der Waals surface area contributed by atoms with Crippen molar-refractivity contribution in [2.24, 2.45) is 5.92 Å². The van der Waals surface area contributed by atoms with Crippen molar-refractivity contribution in [3.8, 4) is 0 Å². The van der Waals surface area contributed by atoms with Crippen LogP contribution < -0.4 is 4.90 Å². The monoisotopic (exact) mass is 491 g/mol. The molecular weight excluding hydrogens is 471 g/mol. The minimum atomic E-state index is -5.54. The number of benzene rings is 2. The zero-order valence-electron chi connectivity index (χ0n) is 18.2. The minimum absolute atomic E-state index is 0.0103. The van der Waals surface area contributed by atoms with Gasteiger partial charge in [0.05, 0.1) is 16.1 Å². The molecule has 1 atom stereocenters. The van der Waals surface area contributed by atoms with Gasteiger partial charge in [0.1, 0.15) is 6.04 Å². The average molecular weight is 491 g/mol. The van der Waals surface area contributed by atoms with Crippen LogP contribution in [0.2, 0.25) is 0 Å². The Morgan fingerprint density at radius 3 is 2.26 bits per heavy atom. The van der Waals surface area contributed by atoms with Gasteiger partial charge in [-0.3, -0.25) is 9.78 Å². The van der Waals surface area contributed by atoms with Crippen molar-refractivity contribution >= 4 is 38.4 Å². The number of aromatic nitrogens is 1. The molecule has 1 aromatic heterocycles. The van der Waals surface area contributed by atoms with Gasteiger partial charge in [0, 0.05) is 18.1 Å². The number of carbonyl (C=O) groups excluding carboxylic acids is 2. The van der Waals surface area contributed by atoms with Gasteiger partial charge in [0.15, 0.2) is 0 Å².